The molecular formula is C10H11Cl2NOS. The summed E-state index contributed by atoms with van der Waals surface area (Å²) in [6.07, 6.45) is 0. The first-order valence-corrected chi connectivity index (χ1v) is 5.54. The van der Waals surface area contributed by atoms with Gasteiger partial charge in [-0.3, -0.25) is 0 Å². The molecule has 0 aliphatic carbocycles. The minimum Gasteiger partial charge on any atom is -0.491 e. The minimum absolute atomic E-state index is 0.00930. The maximum atomic E-state index is 5.91. The molecule has 0 bridgehead atoms. The van der Waals surface area contributed by atoms with Crippen LogP contribution in [-0.4, -0.2) is 11.6 Å². The van der Waals surface area contributed by atoms with Crippen LogP contribution in [0.4, 0.5) is 0 Å². The third-order valence-electron chi connectivity index (χ3n) is 1.87. The zero-order valence-corrected chi connectivity index (χ0v) is 10.5. The molecule has 0 saturated carbocycles. The van der Waals surface area contributed by atoms with E-state index in [1.165, 1.54) is 0 Å². The van der Waals surface area contributed by atoms with Crippen molar-refractivity contribution >= 4 is 40.4 Å². The lowest BCUT2D eigenvalue weighted by Crippen LogP contribution is -2.24. The first-order valence-electron chi connectivity index (χ1n) is 4.38. The molecule has 0 aliphatic heterocycles. The Labute approximate surface area is 104 Å². The highest BCUT2D eigenvalue weighted by Crippen LogP contribution is 2.27. The molecular weight excluding hydrogens is 253 g/mol. The zero-order valence-electron chi connectivity index (χ0n) is 8.17. The molecule has 1 unspecified atom stereocenters. The molecule has 1 atom stereocenters. The fourth-order valence-electron chi connectivity index (χ4n) is 0.885. The third-order valence-corrected chi connectivity index (χ3v) is 2.82. The van der Waals surface area contributed by atoms with Crippen molar-refractivity contribution < 1.29 is 4.74 Å². The van der Waals surface area contributed by atoms with E-state index >= 15 is 0 Å². The SMILES string of the molecule is CC(COc1cc(Cl)ccc1Cl)C(N)=S. The van der Waals surface area contributed by atoms with Crippen molar-refractivity contribution in [3.63, 3.8) is 0 Å². The lowest BCUT2D eigenvalue weighted by Gasteiger charge is -2.12. The van der Waals surface area contributed by atoms with Crippen LogP contribution in [0.2, 0.25) is 10.0 Å². The maximum Gasteiger partial charge on any atom is 0.139 e. The van der Waals surface area contributed by atoms with E-state index in [0.717, 1.165) is 0 Å². The third kappa shape index (κ3) is 3.86. The number of rotatable bonds is 4. The Bertz CT molecular complexity index is 370. The Morgan fingerprint density at radius 1 is 1.53 bits per heavy atom. The van der Waals surface area contributed by atoms with E-state index in [-0.39, 0.29) is 5.92 Å². The van der Waals surface area contributed by atoms with Gasteiger partial charge in [-0.15, -0.1) is 0 Å². The maximum absolute atomic E-state index is 5.91. The van der Waals surface area contributed by atoms with Gasteiger partial charge < -0.3 is 10.5 Å². The molecule has 0 spiro atoms. The molecule has 1 aromatic rings. The van der Waals surface area contributed by atoms with Crippen LogP contribution < -0.4 is 10.5 Å². The van der Waals surface area contributed by atoms with E-state index in [1.807, 2.05) is 6.92 Å². The number of nitrogens with two attached hydrogens (primary N) is 1. The fraction of sp³-hybridized carbons (Fsp3) is 0.300. The monoisotopic (exact) mass is 263 g/mol. The van der Waals surface area contributed by atoms with E-state index in [9.17, 15) is 0 Å². The number of halogens is 2. The molecule has 1 rings (SSSR count). The Kier molecular flexibility index (Phi) is 4.64. The molecule has 5 heteroatoms. The summed E-state index contributed by atoms with van der Waals surface area (Å²) in [6, 6.07) is 5.05. The molecule has 15 heavy (non-hydrogen) atoms. The highest BCUT2D eigenvalue weighted by atomic mass is 35.5. The Hall–Kier alpha value is -0.510. The van der Waals surface area contributed by atoms with Crippen molar-refractivity contribution in [1.82, 2.24) is 0 Å². The molecule has 0 aliphatic rings. The normalized spacial score (nSPS) is 12.2. The minimum atomic E-state index is 0.00930. The predicted octanol–water partition coefficient (Wildman–Crippen LogP) is 3.29. The van der Waals surface area contributed by atoms with Crippen molar-refractivity contribution in [3.05, 3.63) is 28.2 Å². The molecule has 0 fully saturated rings. The molecule has 0 aromatic heterocycles. The molecule has 2 nitrogen and oxygen atoms in total. The van der Waals surface area contributed by atoms with Gasteiger partial charge in [0.2, 0.25) is 0 Å². The van der Waals surface area contributed by atoms with Crippen LogP contribution >= 0.6 is 35.4 Å². The lowest BCUT2D eigenvalue weighted by atomic mass is 10.2. The van der Waals surface area contributed by atoms with Crippen LogP contribution in [0.1, 0.15) is 6.92 Å². The Balaban J connectivity index is 2.65. The largest absolute Gasteiger partial charge is 0.491 e. The number of hydrogen-bond donors (Lipinski definition) is 1. The van der Waals surface area contributed by atoms with E-state index in [1.54, 1.807) is 18.2 Å². The van der Waals surface area contributed by atoms with Gasteiger partial charge >= 0.3 is 0 Å². The van der Waals surface area contributed by atoms with Crippen LogP contribution in [0.25, 0.3) is 0 Å². The van der Waals surface area contributed by atoms with Gasteiger partial charge in [0.1, 0.15) is 5.75 Å². The van der Waals surface area contributed by atoms with Gasteiger partial charge in [0, 0.05) is 17.0 Å². The van der Waals surface area contributed by atoms with Gasteiger partial charge in [-0.2, -0.15) is 0 Å². The zero-order chi connectivity index (χ0) is 11.4. The van der Waals surface area contributed by atoms with Gasteiger partial charge in [-0.05, 0) is 12.1 Å². The second-order valence-corrected chi connectivity index (χ2v) is 4.50. The van der Waals surface area contributed by atoms with Gasteiger partial charge in [0.15, 0.2) is 0 Å². The first-order chi connectivity index (χ1) is 7.00. The molecule has 0 radical (unpaired) electrons. The quantitative estimate of drug-likeness (QED) is 0.847. The second kappa shape index (κ2) is 5.54. The van der Waals surface area contributed by atoms with Crippen LogP contribution in [-0.2, 0) is 0 Å². The lowest BCUT2D eigenvalue weighted by molar-refractivity contribution is 0.293. The molecule has 0 amide bonds. The van der Waals surface area contributed by atoms with Crippen LogP contribution in [0, 0.1) is 5.92 Å². The molecule has 0 heterocycles. The second-order valence-electron chi connectivity index (χ2n) is 3.19. The van der Waals surface area contributed by atoms with Gasteiger partial charge in [0.25, 0.3) is 0 Å². The first kappa shape index (κ1) is 12.6. The highest BCUT2D eigenvalue weighted by Gasteiger charge is 2.08. The van der Waals surface area contributed by atoms with Crippen molar-refractivity contribution in [2.24, 2.45) is 11.7 Å². The summed E-state index contributed by atoms with van der Waals surface area (Å²) in [6.45, 7) is 2.29. The summed E-state index contributed by atoms with van der Waals surface area (Å²) in [4.78, 5) is 0.424. The molecule has 2 N–H and O–H groups in total. The fourth-order valence-corrected chi connectivity index (χ4v) is 1.29. The van der Waals surface area contributed by atoms with Crippen LogP contribution in [0.5, 0.6) is 5.75 Å². The van der Waals surface area contributed by atoms with E-state index < -0.39 is 0 Å². The van der Waals surface area contributed by atoms with Crippen LogP contribution in [0.3, 0.4) is 0 Å². The summed E-state index contributed by atoms with van der Waals surface area (Å²) in [5.41, 5.74) is 5.46. The summed E-state index contributed by atoms with van der Waals surface area (Å²) in [5.74, 6) is 0.558. The molecule has 82 valence electrons. The average Bonchev–Trinajstić information content (AvgIpc) is 2.18. The number of thiocarbonyl (C=S) groups is 1. The summed E-state index contributed by atoms with van der Waals surface area (Å²) < 4.78 is 5.46. The van der Waals surface area contributed by atoms with E-state index in [2.05, 4.69) is 0 Å². The average molecular weight is 264 g/mol. The van der Waals surface area contributed by atoms with Crippen molar-refractivity contribution in [3.8, 4) is 5.75 Å². The number of ether oxygens (including phenoxy) is 1. The summed E-state index contributed by atoms with van der Waals surface area (Å²) >= 11 is 16.5. The van der Waals surface area contributed by atoms with Crippen molar-refractivity contribution in [2.75, 3.05) is 6.61 Å². The standard InChI is InChI=1S/C10H11Cl2NOS/c1-6(10(13)15)5-14-9-4-7(11)2-3-8(9)12/h2-4,6H,5H2,1H3,(H2,13,15). The topological polar surface area (TPSA) is 35.2 Å². The predicted molar refractivity (Wildman–Crippen MR) is 67.9 cm³/mol. The highest BCUT2D eigenvalue weighted by molar-refractivity contribution is 7.80. The van der Waals surface area contributed by atoms with Gasteiger partial charge in [-0.25, -0.2) is 0 Å². The Morgan fingerprint density at radius 3 is 2.80 bits per heavy atom. The van der Waals surface area contributed by atoms with E-state index in [0.29, 0.717) is 27.4 Å². The number of benzene rings is 1. The van der Waals surface area contributed by atoms with Crippen molar-refractivity contribution in [2.45, 2.75) is 6.92 Å². The molecule has 0 saturated heterocycles. The Morgan fingerprint density at radius 2 is 2.20 bits per heavy atom. The number of hydrogen-bond acceptors (Lipinski definition) is 2. The summed E-state index contributed by atoms with van der Waals surface area (Å²) in [7, 11) is 0. The van der Waals surface area contributed by atoms with Crippen LogP contribution in [0.15, 0.2) is 18.2 Å². The van der Waals surface area contributed by atoms with Gasteiger partial charge in [0.05, 0.1) is 16.6 Å². The van der Waals surface area contributed by atoms with Gasteiger partial charge in [-0.1, -0.05) is 42.3 Å². The molecule has 1 aromatic carbocycles. The van der Waals surface area contributed by atoms with Crippen molar-refractivity contribution in [1.29, 1.82) is 0 Å². The summed E-state index contributed by atoms with van der Waals surface area (Å²) in [5, 5.41) is 1.10. The van der Waals surface area contributed by atoms with E-state index in [4.69, 9.17) is 45.9 Å². The smallest absolute Gasteiger partial charge is 0.139 e.